The molecule has 19 heavy (non-hydrogen) atoms. The Bertz CT molecular complexity index is 607. The van der Waals surface area contributed by atoms with E-state index in [2.05, 4.69) is 14.8 Å². The summed E-state index contributed by atoms with van der Waals surface area (Å²) in [5, 5.41) is 8.00. The van der Waals surface area contributed by atoms with E-state index in [-0.39, 0.29) is 5.75 Å². The summed E-state index contributed by atoms with van der Waals surface area (Å²) in [7, 11) is -4.52. The van der Waals surface area contributed by atoms with Crippen molar-refractivity contribution < 1.29 is 18.9 Å². The Balaban J connectivity index is 2.07. The van der Waals surface area contributed by atoms with Gasteiger partial charge in [-0.25, -0.2) is 4.57 Å². The quantitative estimate of drug-likeness (QED) is 0.660. The molecule has 0 amide bonds. The molecule has 0 bridgehead atoms. The van der Waals surface area contributed by atoms with Crippen LogP contribution in [-0.2, 0) is 4.57 Å². The number of phosphoric acid groups is 1. The Hall–Kier alpha value is -2.01. The van der Waals surface area contributed by atoms with Crippen molar-refractivity contribution >= 4 is 19.2 Å². The first-order chi connectivity index (χ1) is 9.03. The fourth-order valence-electron chi connectivity index (χ4n) is 1.32. The summed E-state index contributed by atoms with van der Waals surface area (Å²) in [6, 6.07) is 15.2. The summed E-state index contributed by atoms with van der Waals surface area (Å²) in [5.41, 5.74) is 1.28. The number of rotatable bonds is 4. The van der Waals surface area contributed by atoms with Crippen LogP contribution in [0.25, 0.3) is 0 Å². The molecule has 0 saturated heterocycles. The molecule has 0 aliphatic carbocycles. The van der Waals surface area contributed by atoms with Gasteiger partial charge in [0.25, 0.3) is 0 Å². The number of phosphoric ester groups is 1. The molecular weight excluding hydrogens is 267 g/mol. The zero-order chi connectivity index (χ0) is 13.7. The normalized spacial score (nSPS) is 11.7. The molecule has 2 aromatic carbocycles. The van der Waals surface area contributed by atoms with Crippen LogP contribution in [0.15, 0.2) is 64.8 Å². The molecule has 0 aromatic heterocycles. The van der Waals surface area contributed by atoms with Crippen LogP contribution in [0, 0.1) is 0 Å². The molecular formula is C12H11N2O4P. The first-order valence-corrected chi connectivity index (χ1v) is 6.88. The van der Waals surface area contributed by atoms with E-state index < -0.39 is 7.82 Å². The summed E-state index contributed by atoms with van der Waals surface area (Å²) in [6.07, 6.45) is 0. The largest absolute Gasteiger partial charge is 0.524 e. The first-order valence-electron chi connectivity index (χ1n) is 5.35. The number of benzene rings is 2. The average Bonchev–Trinajstić information content (AvgIpc) is 2.37. The summed E-state index contributed by atoms with van der Waals surface area (Å²) in [6.45, 7) is 0. The molecule has 2 rings (SSSR count). The van der Waals surface area contributed by atoms with Crippen LogP contribution in [0.2, 0.25) is 0 Å². The van der Waals surface area contributed by atoms with Crippen molar-refractivity contribution in [2.75, 3.05) is 0 Å². The van der Waals surface area contributed by atoms with Gasteiger partial charge in [-0.15, -0.1) is 0 Å². The Labute approximate surface area is 109 Å². The van der Waals surface area contributed by atoms with E-state index in [4.69, 9.17) is 9.79 Å². The number of hydrogen-bond donors (Lipinski definition) is 2. The monoisotopic (exact) mass is 278 g/mol. The number of nitrogens with zero attached hydrogens (tertiary/aromatic N) is 2. The fourth-order valence-corrected chi connectivity index (χ4v) is 1.72. The van der Waals surface area contributed by atoms with Gasteiger partial charge < -0.3 is 4.52 Å². The SMILES string of the molecule is O=P(O)(O)Oc1ccc(/N=N/c2ccccc2)cc1. The Morgan fingerprint density at radius 2 is 1.37 bits per heavy atom. The molecule has 2 N–H and O–H groups in total. The highest BCUT2D eigenvalue weighted by atomic mass is 31.2. The highest BCUT2D eigenvalue weighted by Gasteiger charge is 2.15. The Morgan fingerprint density at radius 1 is 0.842 bits per heavy atom. The van der Waals surface area contributed by atoms with Gasteiger partial charge >= 0.3 is 7.82 Å². The van der Waals surface area contributed by atoms with E-state index in [9.17, 15) is 4.57 Å². The molecule has 0 radical (unpaired) electrons. The van der Waals surface area contributed by atoms with Gasteiger partial charge in [-0.2, -0.15) is 10.2 Å². The highest BCUT2D eigenvalue weighted by molar-refractivity contribution is 7.46. The van der Waals surface area contributed by atoms with Gasteiger partial charge in [0.1, 0.15) is 5.75 Å². The van der Waals surface area contributed by atoms with Crippen LogP contribution in [0.3, 0.4) is 0 Å². The van der Waals surface area contributed by atoms with Gasteiger partial charge in [0.2, 0.25) is 0 Å². The molecule has 0 heterocycles. The van der Waals surface area contributed by atoms with E-state index in [1.807, 2.05) is 30.3 Å². The van der Waals surface area contributed by atoms with E-state index in [0.29, 0.717) is 5.69 Å². The Kier molecular flexibility index (Phi) is 4.06. The lowest BCUT2D eigenvalue weighted by Gasteiger charge is -2.05. The minimum Gasteiger partial charge on any atom is -0.404 e. The third-order valence-corrected chi connectivity index (χ3v) is 2.55. The van der Waals surface area contributed by atoms with E-state index >= 15 is 0 Å². The Morgan fingerprint density at radius 3 is 1.89 bits per heavy atom. The maximum atomic E-state index is 10.6. The second kappa shape index (κ2) is 5.75. The number of hydrogen-bond acceptors (Lipinski definition) is 4. The van der Waals surface area contributed by atoms with Crippen LogP contribution in [0.4, 0.5) is 11.4 Å². The third-order valence-electron chi connectivity index (χ3n) is 2.10. The minimum absolute atomic E-state index is 0.0759. The van der Waals surface area contributed by atoms with Crippen molar-refractivity contribution in [2.24, 2.45) is 10.2 Å². The summed E-state index contributed by atoms with van der Waals surface area (Å²) in [4.78, 5) is 17.3. The van der Waals surface area contributed by atoms with Crippen molar-refractivity contribution in [3.63, 3.8) is 0 Å². The van der Waals surface area contributed by atoms with Crippen molar-refractivity contribution in [3.8, 4) is 5.75 Å². The molecule has 0 aliphatic rings. The van der Waals surface area contributed by atoms with Gasteiger partial charge in [-0.05, 0) is 36.4 Å². The lowest BCUT2D eigenvalue weighted by atomic mass is 10.3. The fraction of sp³-hybridized carbons (Fsp3) is 0. The maximum Gasteiger partial charge on any atom is 0.524 e. The molecule has 0 saturated carbocycles. The lowest BCUT2D eigenvalue weighted by Crippen LogP contribution is -1.88. The van der Waals surface area contributed by atoms with Crippen LogP contribution in [0.5, 0.6) is 5.75 Å². The lowest BCUT2D eigenvalue weighted by molar-refractivity contribution is 0.283. The van der Waals surface area contributed by atoms with Crippen LogP contribution in [-0.4, -0.2) is 9.79 Å². The zero-order valence-electron chi connectivity index (χ0n) is 9.75. The number of azo groups is 1. The van der Waals surface area contributed by atoms with Gasteiger partial charge in [-0.3, -0.25) is 9.79 Å². The molecule has 98 valence electrons. The first kappa shape index (κ1) is 13.4. The smallest absolute Gasteiger partial charge is 0.404 e. The molecule has 0 spiro atoms. The van der Waals surface area contributed by atoms with Gasteiger partial charge in [0, 0.05) is 0 Å². The highest BCUT2D eigenvalue weighted by Crippen LogP contribution is 2.37. The third kappa shape index (κ3) is 4.63. The van der Waals surface area contributed by atoms with Gasteiger partial charge in [-0.1, -0.05) is 18.2 Å². The minimum atomic E-state index is -4.52. The van der Waals surface area contributed by atoms with Crippen molar-refractivity contribution in [1.82, 2.24) is 0 Å². The topological polar surface area (TPSA) is 91.5 Å². The second-order valence-corrected chi connectivity index (χ2v) is 4.78. The van der Waals surface area contributed by atoms with Crippen LogP contribution in [0.1, 0.15) is 0 Å². The molecule has 6 nitrogen and oxygen atoms in total. The zero-order valence-corrected chi connectivity index (χ0v) is 10.6. The van der Waals surface area contributed by atoms with Gasteiger partial charge in [0.05, 0.1) is 11.4 Å². The standard InChI is InChI=1S/C12H11N2O4P/c15-19(16,17)18-12-8-6-11(7-9-12)14-13-10-4-2-1-3-5-10/h1-9H,(H2,15,16,17)/b14-13+. The van der Waals surface area contributed by atoms with E-state index in [0.717, 1.165) is 5.69 Å². The average molecular weight is 278 g/mol. The summed E-state index contributed by atoms with van der Waals surface area (Å²) < 4.78 is 15.0. The van der Waals surface area contributed by atoms with Crippen LogP contribution >= 0.6 is 7.82 Å². The second-order valence-electron chi connectivity index (χ2n) is 3.61. The summed E-state index contributed by atoms with van der Waals surface area (Å²) >= 11 is 0. The van der Waals surface area contributed by atoms with Crippen LogP contribution < -0.4 is 4.52 Å². The van der Waals surface area contributed by atoms with Crippen molar-refractivity contribution in [3.05, 3.63) is 54.6 Å². The summed E-state index contributed by atoms with van der Waals surface area (Å²) in [5.74, 6) is 0.0759. The maximum absolute atomic E-state index is 10.6. The van der Waals surface area contributed by atoms with Crippen molar-refractivity contribution in [1.29, 1.82) is 0 Å². The predicted octanol–water partition coefficient (Wildman–Crippen LogP) is 3.57. The molecule has 2 aromatic rings. The van der Waals surface area contributed by atoms with E-state index in [1.165, 1.54) is 12.1 Å². The predicted molar refractivity (Wildman–Crippen MR) is 69.7 cm³/mol. The molecule has 0 atom stereocenters. The molecule has 7 heteroatoms. The van der Waals surface area contributed by atoms with Crippen molar-refractivity contribution in [2.45, 2.75) is 0 Å². The van der Waals surface area contributed by atoms with Gasteiger partial charge in [0.15, 0.2) is 0 Å². The molecule has 0 unspecified atom stereocenters. The molecule has 0 fully saturated rings. The van der Waals surface area contributed by atoms with E-state index in [1.54, 1.807) is 12.1 Å². The molecule has 0 aliphatic heterocycles.